The summed E-state index contributed by atoms with van der Waals surface area (Å²) in [6.07, 6.45) is 5.66. The van der Waals surface area contributed by atoms with E-state index >= 15 is 0 Å². The number of anilines is 1. The third-order valence-electron chi connectivity index (χ3n) is 3.24. The minimum absolute atomic E-state index is 0.455. The van der Waals surface area contributed by atoms with Crippen molar-refractivity contribution in [1.29, 1.82) is 0 Å². The number of hydrogen-bond acceptors (Lipinski definition) is 4. The van der Waals surface area contributed by atoms with Gasteiger partial charge < -0.3 is 9.47 Å². The van der Waals surface area contributed by atoms with Gasteiger partial charge in [0.05, 0.1) is 12.4 Å². The van der Waals surface area contributed by atoms with Crippen molar-refractivity contribution in [3.05, 3.63) is 35.7 Å². The van der Waals surface area contributed by atoms with Crippen molar-refractivity contribution >= 4 is 17.5 Å². The normalized spacial score (nSPS) is 14.7. The average molecular weight is 264 g/mol. The molecule has 0 amide bonds. The Morgan fingerprint density at radius 1 is 1.33 bits per heavy atom. The minimum Gasteiger partial charge on any atom is -0.332 e. The summed E-state index contributed by atoms with van der Waals surface area (Å²) in [5.41, 5.74) is 1.93. The molecule has 3 heterocycles. The zero-order chi connectivity index (χ0) is 12.5. The van der Waals surface area contributed by atoms with Crippen LogP contribution in [0.5, 0.6) is 0 Å². The Morgan fingerprint density at radius 3 is 3.00 bits per heavy atom. The molecule has 1 aliphatic heterocycles. The number of hydrogen-bond donors (Lipinski definition) is 0. The van der Waals surface area contributed by atoms with E-state index in [4.69, 9.17) is 11.6 Å². The van der Waals surface area contributed by atoms with Gasteiger partial charge in [-0.3, -0.25) is 0 Å². The van der Waals surface area contributed by atoms with Crippen LogP contribution < -0.4 is 4.90 Å². The third-order valence-corrected chi connectivity index (χ3v) is 3.53. The van der Waals surface area contributed by atoms with E-state index in [2.05, 4.69) is 24.4 Å². The smallest absolute Gasteiger partial charge is 0.225 e. The number of imidazole rings is 1. The van der Waals surface area contributed by atoms with Crippen molar-refractivity contribution in [2.24, 2.45) is 0 Å². The van der Waals surface area contributed by atoms with Crippen LogP contribution in [0, 0.1) is 6.92 Å². The first-order chi connectivity index (χ1) is 8.78. The van der Waals surface area contributed by atoms with E-state index in [9.17, 15) is 0 Å². The molecule has 2 aromatic heterocycles. The second-order valence-electron chi connectivity index (χ2n) is 4.37. The fraction of sp³-hybridized carbons (Fsp3) is 0.417. The molecule has 0 saturated carbocycles. The fourth-order valence-electron chi connectivity index (χ4n) is 2.11. The van der Waals surface area contributed by atoms with Crippen LogP contribution in [0.15, 0.2) is 18.6 Å². The van der Waals surface area contributed by atoms with Gasteiger partial charge in [-0.1, -0.05) is 0 Å². The van der Waals surface area contributed by atoms with Crippen molar-refractivity contribution in [1.82, 2.24) is 19.5 Å². The zero-order valence-electron chi connectivity index (χ0n) is 10.2. The van der Waals surface area contributed by atoms with Crippen molar-refractivity contribution in [2.75, 3.05) is 11.4 Å². The minimum atomic E-state index is 0.455. The SMILES string of the molecule is Cc1nc(N2CCn3ccnc3C2)ncc1CCl. The first-order valence-corrected chi connectivity index (χ1v) is 6.45. The molecule has 1 aliphatic rings. The van der Waals surface area contributed by atoms with Gasteiger partial charge in [0, 0.05) is 42.9 Å². The van der Waals surface area contributed by atoms with Crippen LogP contribution in [-0.4, -0.2) is 26.1 Å². The van der Waals surface area contributed by atoms with Crippen LogP contribution in [0.25, 0.3) is 0 Å². The van der Waals surface area contributed by atoms with E-state index in [0.717, 1.165) is 42.7 Å². The van der Waals surface area contributed by atoms with Gasteiger partial charge in [-0.2, -0.15) is 0 Å². The molecular formula is C12H14ClN5. The van der Waals surface area contributed by atoms with E-state index < -0.39 is 0 Å². The second kappa shape index (κ2) is 4.57. The second-order valence-corrected chi connectivity index (χ2v) is 4.64. The van der Waals surface area contributed by atoms with E-state index in [0.29, 0.717) is 5.88 Å². The number of aromatic nitrogens is 4. The summed E-state index contributed by atoms with van der Waals surface area (Å²) in [5.74, 6) is 2.27. The molecule has 0 radical (unpaired) electrons. The van der Waals surface area contributed by atoms with Crippen molar-refractivity contribution in [3.63, 3.8) is 0 Å². The summed E-state index contributed by atoms with van der Waals surface area (Å²) >= 11 is 5.82. The summed E-state index contributed by atoms with van der Waals surface area (Å²) in [6, 6.07) is 0. The Kier molecular flexibility index (Phi) is 2.91. The lowest BCUT2D eigenvalue weighted by molar-refractivity contribution is 0.551. The molecule has 18 heavy (non-hydrogen) atoms. The number of nitrogens with zero attached hydrogens (tertiary/aromatic N) is 5. The number of aryl methyl sites for hydroxylation is 1. The molecule has 3 rings (SSSR count). The Balaban J connectivity index is 1.86. The molecule has 6 heteroatoms. The number of fused-ring (bicyclic) bond motifs is 1. The standard InChI is InChI=1S/C12H14ClN5/c1-9-10(6-13)7-15-12(16-9)18-5-4-17-3-2-14-11(17)8-18/h2-3,7H,4-6,8H2,1H3. The highest BCUT2D eigenvalue weighted by atomic mass is 35.5. The molecule has 0 aromatic carbocycles. The van der Waals surface area contributed by atoms with E-state index in [1.54, 1.807) is 0 Å². The van der Waals surface area contributed by atoms with E-state index in [1.807, 2.05) is 25.5 Å². The molecule has 0 saturated heterocycles. The largest absolute Gasteiger partial charge is 0.332 e. The summed E-state index contributed by atoms with van der Waals surface area (Å²) in [4.78, 5) is 15.4. The average Bonchev–Trinajstić information content (AvgIpc) is 2.85. The molecule has 0 spiro atoms. The Labute approximate surface area is 110 Å². The molecule has 2 aromatic rings. The third kappa shape index (κ3) is 1.95. The fourth-order valence-corrected chi connectivity index (χ4v) is 2.37. The van der Waals surface area contributed by atoms with Crippen LogP contribution >= 0.6 is 11.6 Å². The summed E-state index contributed by atoms with van der Waals surface area (Å²) in [7, 11) is 0. The molecule has 5 nitrogen and oxygen atoms in total. The van der Waals surface area contributed by atoms with E-state index in [1.165, 1.54) is 0 Å². The number of rotatable bonds is 2. The first-order valence-electron chi connectivity index (χ1n) is 5.91. The molecule has 0 bridgehead atoms. The highest BCUT2D eigenvalue weighted by Gasteiger charge is 2.19. The van der Waals surface area contributed by atoms with Crippen molar-refractivity contribution in [3.8, 4) is 0 Å². The Bertz CT molecular complexity index is 565. The lowest BCUT2D eigenvalue weighted by atomic mass is 10.3. The molecular weight excluding hydrogens is 250 g/mol. The van der Waals surface area contributed by atoms with Crippen LogP contribution in [0.3, 0.4) is 0 Å². The summed E-state index contributed by atoms with van der Waals surface area (Å²) < 4.78 is 2.16. The maximum Gasteiger partial charge on any atom is 0.225 e. The maximum absolute atomic E-state index is 5.82. The van der Waals surface area contributed by atoms with Gasteiger partial charge in [0.2, 0.25) is 5.95 Å². The Hall–Kier alpha value is -1.62. The highest BCUT2D eigenvalue weighted by Crippen LogP contribution is 2.18. The lowest BCUT2D eigenvalue weighted by Crippen LogP contribution is -2.34. The zero-order valence-corrected chi connectivity index (χ0v) is 10.9. The molecule has 0 unspecified atom stereocenters. The van der Waals surface area contributed by atoms with Gasteiger partial charge in [-0.25, -0.2) is 15.0 Å². The van der Waals surface area contributed by atoms with Gasteiger partial charge in [-0.05, 0) is 6.92 Å². The van der Waals surface area contributed by atoms with Crippen LogP contribution in [0.1, 0.15) is 17.1 Å². The highest BCUT2D eigenvalue weighted by molar-refractivity contribution is 6.17. The summed E-state index contributed by atoms with van der Waals surface area (Å²) in [5, 5.41) is 0. The topological polar surface area (TPSA) is 46.8 Å². The van der Waals surface area contributed by atoms with Crippen molar-refractivity contribution in [2.45, 2.75) is 25.9 Å². The predicted octanol–water partition coefficient (Wildman–Crippen LogP) is 1.74. The maximum atomic E-state index is 5.82. The predicted molar refractivity (Wildman–Crippen MR) is 69.6 cm³/mol. The van der Waals surface area contributed by atoms with Crippen LogP contribution in [0.2, 0.25) is 0 Å². The van der Waals surface area contributed by atoms with Gasteiger partial charge >= 0.3 is 0 Å². The van der Waals surface area contributed by atoms with Gasteiger partial charge in [-0.15, -0.1) is 11.6 Å². The van der Waals surface area contributed by atoms with Crippen LogP contribution in [-0.2, 0) is 19.0 Å². The molecule has 0 N–H and O–H groups in total. The molecule has 0 aliphatic carbocycles. The Morgan fingerprint density at radius 2 is 2.22 bits per heavy atom. The first kappa shape index (κ1) is 11.5. The molecule has 0 atom stereocenters. The van der Waals surface area contributed by atoms with Crippen LogP contribution in [0.4, 0.5) is 5.95 Å². The van der Waals surface area contributed by atoms with E-state index in [-0.39, 0.29) is 0 Å². The van der Waals surface area contributed by atoms with Crippen molar-refractivity contribution < 1.29 is 0 Å². The summed E-state index contributed by atoms with van der Waals surface area (Å²) in [6.45, 7) is 4.55. The number of alkyl halides is 1. The molecule has 94 valence electrons. The molecule has 0 fully saturated rings. The number of halogens is 1. The van der Waals surface area contributed by atoms with Gasteiger partial charge in [0.15, 0.2) is 0 Å². The monoisotopic (exact) mass is 263 g/mol. The quantitative estimate of drug-likeness (QED) is 0.775. The van der Waals surface area contributed by atoms with Gasteiger partial charge in [0.1, 0.15) is 5.82 Å². The van der Waals surface area contributed by atoms with Gasteiger partial charge in [0.25, 0.3) is 0 Å². The lowest BCUT2D eigenvalue weighted by Gasteiger charge is -2.27.